The van der Waals surface area contributed by atoms with E-state index in [2.05, 4.69) is 56.0 Å². The third-order valence-electron chi connectivity index (χ3n) is 1.90. The van der Waals surface area contributed by atoms with Crippen LogP contribution in [0.5, 0.6) is 0 Å². The standard InChI is InChI=1S/C11H18N2.C2H6/c1-9(2)11-7-5-6-10(12-11)8-13(3)4;1-2/h5-7,9H,8H2,1-4H3;1-2H3. The first kappa shape index (κ1) is 14.1. The van der Waals surface area contributed by atoms with Crippen LogP contribution >= 0.6 is 0 Å². The van der Waals surface area contributed by atoms with Gasteiger partial charge in [-0.05, 0) is 32.1 Å². The van der Waals surface area contributed by atoms with E-state index in [9.17, 15) is 0 Å². The van der Waals surface area contributed by atoms with Gasteiger partial charge < -0.3 is 4.90 Å². The molecule has 0 aliphatic carbocycles. The lowest BCUT2D eigenvalue weighted by Crippen LogP contribution is -2.12. The Kier molecular flexibility index (Phi) is 6.97. The predicted molar refractivity (Wildman–Crippen MR) is 67.1 cm³/mol. The Hall–Kier alpha value is -0.890. The molecule has 1 aromatic rings. The van der Waals surface area contributed by atoms with E-state index in [0.717, 1.165) is 12.2 Å². The largest absolute Gasteiger partial charge is 0.304 e. The van der Waals surface area contributed by atoms with Gasteiger partial charge in [0.15, 0.2) is 0 Å². The zero-order chi connectivity index (χ0) is 11.8. The van der Waals surface area contributed by atoms with Gasteiger partial charge in [0, 0.05) is 12.2 Å². The summed E-state index contributed by atoms with van der Waals surface area (Å²) in [5, 5.41) is 0. The fourth-order valence-electron chi connectivity index (χ4n) is 1.23. The van der Waals surface area contributed by atoms with Crippen LogP contribution in [0.1, 0.15) is 45.0 Å². The van der Waals surface area contributed by atoms with Gasteiger partial charge in [-0.15, -0.1) is 0 Å². The number of hydrogen-bond donors (Lipinski definition) is 0. The Balaban J connectivity index is 0.000000921. The molecule has 0 unspecified atom stereocenters. The van der Waals surface area contributed by atoms with E-state index in [1.165, 1.54) is 5.69 Å². The van der Waals surface area contributed by atoms with Crippen molar-refractivity contribution in [1.82, 2.24) is 9.88 Å². The van der Waals surface area contributed by atoms with E-state index in [1.54, 1.807) is 0 Å². The molecule has 0 radical (unpaired) electrons. The average molecular weight is 208 g/mol. The maximum atomic E-state index is 4.57. The van der Waals surface area contributed by atoms with Gasteiger partial charge in [0.05, 0.1) is 5.69 Å². The highest BCUT2D eigenvalue weighted by Gasteiger charge is 2.02. The molecule has 1 rings (SSSR count). The van der Waals surface area contributed by atoms with E-state index in [-0.39, 0.29) is 0 Å². The van der Waals surface area contributed by atoms with E-state index in [0.29, 0.717) is 5.92 Å². The first-order valence-corrected chi connectivity index (χ1v) is 5.70. The summed E-state index contributed by atoms with van der Waals surface area (Å²) in [6, 6.07) is 6.25. The van der Waals surface area contributed by atoms with Crippen molar-refractivity contribution in [3.63, 3.8) is 0 Å². The minimum Gasteiger partial charge on any atom is -0.304 e. The van der Waals surface area contributed by atoms with Crippen LogP contribution in [-0.2, 0) is 6.54 Å². The molecule has 86 valence electrons. The Morgan fingerprint density at radius 2 is 1.80 bits per heavy atom. The van der Waals surface area contributed by atoms with Crippen LogP contribution in [0.4, 0.5) is 0 Å². The van der Waals surface area contributed by atoms with Crippen LogP contribution in [0.15, 0.2) is 18.2 Å². The molecule has 0 aromatic carbocycles. The quantitative estimate of drug-likeness (QED) is 0.757. The maximum Gasteiger partial charge on any atom is 0.0547 e. The molecule has 1 aromatic heterocycles. The SMILES string of the molecule is CC.CC(C)c1cccc(CN(C)C)n1. The Labute approximate surface area is 94.3 Å². The molecule has 2 heteroatoms. The van der Waals surface area contributed by atoms with Gasteiger partial charge in [0.25, 0.3) is 0 Å². The molecule has 0 spiro atoms. The van der Waals surface area contributed by atoms with Crippen molar-refractivity contribution in [3.05, 3.63) is 29.6 Å². The molecule has 0 atom stereocenters. The van der Waals surface area contributed by atoms with Gasteiger partial charge in [-0.2, -0.15) is 0 Å². The van der Waals surface area contributed by atoms with Gasteiger partial charge in [-0.3, -0.25) is 4.98 Å². The molecule has 0 N–H and O–H groups in total. The van der Waals surface area contributed by atoms with Gasteiger partial charge in [0.2, 0.25) is 0 Å². The van der Waals surface area contributed by atoms with Gasteiger partial charge in [0.1, 0.15) is 0 Å². The second-order valence-electron chi connectivity index (χ2n) is 3.95. The lowest BCUT2D eigenvalue weighted by Gasteiger charge is -2.11. The summed E-state index contributed by atoms with van der Waals surface area (Å²) in [4.78, 5) is 6.70. The Bertz CT molecular complexity index is 267. The van der Waals surface area contributed by atoms with Gasteiger partial charge >= 0.3 is 0 Å². The zero-order valence-electron chi connectivity index (χ0n) is 10.9. The lowest BCUT2D eigenvalue weighted by atomic mass is 10.1. The van der Waals surface area contributed by atoms with Crippen molar-refractivity contribution in [1.29, 1.82) is 0 Å². The molecule has 0 saturated heterocycles. The van der Waals surface area contributed by atoms with E-state index >= 15 is 0 Å². The van der Waals surface area contributed by atoms with Crippen molar-refractivity contribution in [2.45, 2.75) is 40.2 Å². The smallest absolute Gasteiger partial charge is 0.0547 e. The third kappa shape index (κ3) is 5.53. The lowest BCUT2D eigenvalue weighted by molar-refractivity contribution is 0.396. The van der Waals surface area contributed by atoms with Crippen molar-refractivity contribution < 1.29 is 0 Å². The second kappa shape index (κ2) is 7.41. The summed E-state index contributed by atoms with van der Waals surface area (Å²) in [7, 11) is 4.12. The summed E-state index contributed by atoms with van der Waals surface area (Å²) in [5.74, 6) is 0.516. The van der Waals surface area contributed by atoms with Crippen molar-refractivity contribution in [2.75, 3.05) is 14.1 Å². The highest BCUT2D eigenvalue weighted by Crippen LogP contribution is 2.11. The van der Waals surface area contributed by atoms with Crippen LogP contribution in [0, 0.1) is 0 Å². The van der Waals surface area contributed by atoms with Crippen molar-refractivity contribution in [3.8, 4) is 0 Å². The molecule has 1 heterocycles. The van der Waals surface area contributed by atoms with E-state index in [1.807, 2.05) is 13.8 Å². The average Bonchev–Trinajstić information content (AvgIpc) is 2.20. The third-order valence-corrected chi connectivity index (χ3v) is 1.90. The number of pyridine rings is 1. The topological polar surface area (TPSA) is 16.1 Å². The van der Waals surface area contributed by atoms with Crippen LogP contribution in [-0.4, -0.2) is 24.0 Å². The Morgan fingerprint density at radius 3 is 2.27 bits per heavy atom. The molecule has 2 nitrogen and oxygen atoms in total. The molecular weight excluding hydrogens is 184 g/mol. The summed E-state index contributed by atoms with van der Waals surface area (Å²) >= 11 is 0. The summed E-state index contributed by atoms with van der Waals surface area (Å²) in [6.45, 7) is 9.25. The predicted octanol–water partition coefficient (Wildman–Crippen LogP) is 3.29. The number of rotatable bonds is 3. The van der Waals surface area contributed by atoms with Crippen molar-refractivity contribution >= 4 is 0 Å². The molecule has 0 aliphatic rings. The monoisotopic (exact) mass is 208 g/mol. The molecule has 15 heavy (non-hydrogen) atoms. The highest BCUT2D eigenvalue weighted by atomic mass is 15.1. The van der Waals surface area contributed by atoms with Crippen LogP contribution in [0.25, 0.3) is 0 Å². The maximum absolute atomic E-state index is 4.57. The molecule has 0 amide bonds. The van der Waals surface area contributed by atoms with E-state index in [4.69, 9.17) is 0 Å². The molecule has 0 saturated carbocycles. The van der Waals surface area contributed by atoms with Gasteiger partial charge in [-0.25, -0.2) is 0 Å². The van der Waals surface area contributed by atoms with Gasteiger partial charge in [-0.1, -0.05) is 33.8 Å². The minimum atomic E-state index is 0.516. The zero-order valence-corrected chi connectivity index (χ0v) is 10.9. The first-order chi connectivity index (χ1) is 7.09. The summed E-state index contributed by atoms with van der Waals surface area (Å²) in [6.07, 6.45) is 0. The van der Waals surface area contributed by atoms with E-state index < -0.39 is 0 Å². The molecule has 0 bridgehead atoms. The van der Waals surface area contributed by atoms with Crippen LogP contribution < -0.4 is 0 Å². The first-order valence-electron chi connectivity index (χ1n) is 5.70. The molecular formula is C13H24N2. The highest BCUT2D eigenvalue weighted by molar-refractivity contribution is 5.13. The molecule has 0 aliphatic heterocycles. The Morgan fingerprint density at radius 1 is 1.20 bits per heavy atom. The fourth-order valence-corrected chi connectivity index (χ4v) is 1.23. The summed E-state index contributed by atoms with van der Waals surface area (Å²) in [5.41, 5.74) is 2.33. The van der Waals surface area contributed by atoms with Crippen LogP contribution in [0.3, 0.4) is 0 Å². The number of nitrogens with zero attached hydrogens (tertiary/aromatic N) is 2. The normalized spacial score (nSPS) is 10.1. The summed E-state index contributed by atoms with van der Waals surface area (Å²) < 4.78 is 0. The number of hydrogen-bond acceptors (Lipinski definition) is 2. The van der Waals surface area contributed by atoms with Crippen LogP contribution in [0.2, 0.25) is 0 Å². The minimum absolute atomic E-state index is 0.516. The second-order valence-corrected chi connectivity index (χ2v) is 3.95. The van der Waals surface area contributed by atoms with Crippen molar-refractivity contribution in [2.24, 2.45) is 0 Å². The molecule has 0 fully saturated rings. The number of aromatic nitrogens is 1. The fraction of sp³-hybridized carbons (Fsp3) is 0.615.